The number of piperidine rings is 1. The van der Waals surface area contributed by atoms with E-state index in [9.17, 15) is 13.2 Å². The van der Waals surface area contributed by atoms with Gasteiger partial charge in [-0.15, -0.1) is 10.2 Å². The molecule has 1 aliphatic heterocycles. The topological polar surface area (TPSA) is 105 Å². The highest BCUT2D eigenvalue weighted by molar-refractivity contribution is 7.89. The van der Waals surface area contributed by atoms with Gasteiger partial charge in [-0.2, -0.15) is 4.31 Å². The van der Waals surface area contributed by atoms with Gasteiger partial charge in [0.1, 0.15) is 10.6 Å². The molecule has 1 amide bonds. The van der Waals surface area contributed by atoms with Crippen molar-refractivity contribution in [2.75, 3.05) is 18.4 Å². The van der Waals surface area contributed by atoms with Crippen molar-refractivity contribution in [3.8, 4) is 10.7 Å². The molecule has 1 N–H and O–H groups in total. The van der Waals surface area contributed by atoms with Gasteiger partial charge in [0.05, 0.1) is 5.02 Å². The molecule has 1 aliphatic rings. The standard InChI is InChI=1S/C19H17Cl2N5O3S2/c20-13-4-5-14(21)16(11-13)31(28,29)26-9-6-12(7-10-26)17(27)23-19-25-24-18(30-19)15-3-1-2-8-22-15/h1-5,8,11-12H,6-7,9-10H2,(H,23,25,27). The summed E-state index contributed by atoms with van der Waals surface area (Å²) < 4.78 is 27.2. The lowest BCUT2D eigenvalue weighted by molar-refractivity contribution is -0.120. The number of halogens is 2. The van der Waals surface area contributed by atoms with E-state index < -0.39 is 10.0 Å². The van der Waals surface area contributed by atoms with E-state index in [4.69, 9.17) is 23.2 Å². The second-order valence-electron chi connectivity index (χ2n) is 6.87. The van der Waals surface area contributed by atoms with Crippen LogP contribution in [0.5, 0.6) is 0 Å². The van der Waals surface area contributed by atoms with Crippen LogP contribution >= 0.6 is 34.5 Å². The first kappa shape index (κ1) is 22.1. The van der Waals surface area contributed by atoms with Crippen molar-refractivity contribution < 1.29 is 13.2 Å². The second kappa shape index (κ2) is 9.17. The zero-order valence-electron chi connectivity index (χ0n) is 16.0. The molecule has 12 heteroatoms. The van der Waals surface area contributed by atoms with Crippen LogP contribution in [0.1, 0.15) is 12.8 Å². The number of carbonyl (C=O) groups is 1. The van der Waals surface area contributed by atoms with Gasteiger partial charge in [-0.3, -0.25) is 9.78 Å². The average molecular weight is 498 g/mol. The van der Waals surface area contributed by atoms with Crippen LogP contribution in [0.15, 0.2) is 47.5 Å². The zero-order valence-corrected chi connectivity index (χ0v) is 19.2. The Morgan fingerprint density at radius 1 is 1.13 bits per heavy atom. The minimum atomic E-state index is -3.79. The zero-order chi connectivity index (χ0) is 22.0. The molecule has 4 rings (SSSR count). The molecule has 1 fully saturated rings. The Kier molecular flexibility index (Phi) is 6.54. The average Bonchev–Trinajstić information content (AvgIpc) is 3.24. The molecule has 0 atom stereocenters. The molecule has 1 saturated heterocycles. The Balaban J connectivity index is 1.38. The summed E-state index contributed by atoms with van der Waals surface area (Å²) in [7, 11) is -3.79. The molecule has 3 heterocycles. The molecule has 0 saturated carbocycles. The van der Waals surface area contributed by atoms with Crippen LogP contribution in [0.2, 0.25) is 10.0 Å². The number of hydrogen-bond acceptors (Lipinski definition) is 7. The highest BCUT2D eigenvalue weighted by Crippen LogP contribution is 2.31. The maximum absolute atomic E-state index is 12.9. The third-order valence-corrected chi connectivity index (χ3v) is 8.35. The van der Waals surface area contributed by atoms with Gasteiger partial charge in [0.15, 0.2) is 5.01 Å². The number of hydrogen-bond donors (Lipinski definition) is 1. The lowest BCUT2D eigenvalue weighted by atomic mass is 9.97. The van der Waals surface area contributed by atoms with Gasteiger partial charge in [0, 0.05) is 30.2 Å². The van der Waals surface area contributed by atoms with Crippen molar-refractivity contribution in [2.24, 2.45) is 5.92 Å². The van der Waals surface area contributed by atoms with Gasteiger partial charge >= 0.3 is 0 Å². The number of carbonyl (C=O) groups excluding carboxylic acids is 1. The molecule has 0 spiro atoms. The van der Waals surface area contributed by atoms with E-state index >= 15 is 0 Å². The van der Waals surface area contributed by atoms with Crippen LogP contribution in [0, 0.1) is 5.92 Å². The molecule has 31 heavy (non-hydrogen) atoms. The number of aromatic nitrogens is 3. The van der Waals surface area contributed by atoms with Crippen molar-refractivity contribution in [3.05, 3.63) is 52.6 Å². The van der Waals surface area contributed by atoms with Crippen molar-refractivity contribution in [3.63, 3.8) is 0 Å². The largest absolute Gasteiger partial charge is 0.300 e. The van der Waals surface area contributed by atoms with Crippen LogP contribution in [0.25, 0.3) is 10.7 Å². The third kappa shape index (κ3) is 4.88. The molecular weight excluding hydrogens is 481 g/mol. The van der Waals surface area contributed by atoms with E-state index in [1.165, 1.54) is 33.8 Å². The summed E-state index contributed by atoms with van der Waals surface area (Å²) in [5.74, 6) is -0.537. The van der Waals surface area contributed by atoms with E-state index in [1.807, 2.05) is 12.1 Å². The van der Waals surface area contributed by atoms with Crippen molar-refractivity contribution >= 4 is 55.6 Å². The second-order valence-corrected chi connectivity index (χ2v) is 10.6. The monoisotopic (exact) mass is 497 g/mol. The summed E-state index contributed by atoms with van der Waals surface area (Å²) in [6, 6.07) is 9.80. The van der Waals surface area contributed by atoms with Crippen LogP contribution in [-0.4, -0.2) is 46.9 Å². The van der Waals surface area contributed by atoms with E-state index in [0.717, 1.165) is 0 Å². The predicted molar refractivity (Wildman–Crippen MR) is 120 cm³/mol. The molecule has 0 unspecified atom stereocenters. The number of nitrogens with one attached hydrogen (secondary N) is 1. The summed E-state index contributed by atoms with van der Waals surface area (Å²) in [5, 5.41) is 12.2. The quantitative estimate of drug-likeness (QED) is 0.571. The first-order valence-corrected chi connectivity index (χ1v) is 12.4. The van der Waals surface area contributed by atoms with Crippen molar-refractivity contribution in [2.45, 2.75) is 17.7 Å². The van der Waals surface area contributed by atoms with Gasteiger partial charge in [-0.05, 0) is 43.2 Å². The number of benzene rings is 1. The number of pyridine rings is 1. The van der Waals surface area contributed by atoms with E-state index in [1.54, 1.807) is 12.3 Å². The molecule has 162 valence electrons. The highest BCUT2D eigenvalue weighted by Gasteiger charge is 2.33. The van der Waals surface area contributed by atoms with E-state index in [0.29, 0.717) is 33.7 Å². The lowest BCUT2D eigenvalue weighted by Gasteiger charge is -2.30. The van der Waals surface area contributed by atoms with E-state index in [-0.39, 0.29) is 34.8 Å². The van der Waals surface area contributed by atoms with Gasteiger partial charge in [0.25, 0.3) is 0 Å². The fourth-order valence-corrected chi connectivity index (χ4v) is 6.18. The molecule has 8 nitrogen and oxygen atoms in total. The van der Waals surface area contributed by atoms with Gasteiger partial charge in [0.2, 0.25) is 21.1 Å². The highest BCUT2D eigenvalue weighted by atomic mass is 35.5. The third-order valence-electron chi connectivity index (χ3n) is 4.87. The lowest BCUT2D eigenvalue weighted by Crippen LogP contribution is -2.41. The molecule has 1 aromatic carbocycles. The number of rotatable bonds is 5. The Bertz CT molecular complexity index is 1200. The Morgan fingerprint density at radius 3 is 2.61 bits per heavy atom. The Hall–Kier alpha value is -2.11. The fourth-order valence-electron chi connectivity index (χ4n) is 3.25. The van der Waals surface area contributed by atoms with Crippen molar-refractivity contribution in [1.82, 2.24) is 19.5 Å². The first-order valence-electron chi connectivity index (χ1n) is 9.35. The Morgan fingerprint density at radius 2 is 1.90 bits per heavy atom. The summed E-state index contributed by atoms with van der Waals surface area (Å²) in [4.78, 5) is 16.8. The van der Waals surface area contributed by atoms with Crippen LogP contribution in [0.3, 0.4) is 0 Å². The number of nitrogens with zero attached hydrogens (tertiary/aromatic N) is 4. The summed E-state index contributed by atoms with van der Waals surface area (Å²) in [5.41, 5.74) is 0.679. The minimum Gasteiger partial charge on any atom is -0.300 e. The number of amides is 1. The summed E-state index contributed by atoms with van der Waals surface area (Å²) in [6.45, 7) is 0.414. The van der Waals surface area contributed by atoms with Crippen LogP contribution in [0.4, 0.5) is 5.13 Å². The summed E-state index contributed by atoms with van der Waals surface area (Å²) in [6.07, 6.45) is 2.43. The predicted octanol–water partition coefficient (Wildman–Crippen LogP) is 3.95. The molecule has 2 aromatic heterocycles. The fraction of sp³-hybridized carbons (Fsp3) is 0.263. The molecule has 0 radical (unpaired) electrons. The maximum Gasteiger partial charge on any atom is 0.244 e. The first-order chi connectivity index (χ1) is 14.8. The number of anilines is 1. The van der Waals surface area contributed by atoms with Crippen LogP contribution < -0.4 is 5.32 Å². The van der Waals surface area contributed by atoms with Gasteiger partial charge in [-0.1, -0.05) is 40.6 Å². The normalized spacial score (nSPS) is 15.7. The minimum absolute atomic E-state index is 0.0273. The Labute approximate surface area is 193 Å². The smallest absolute Gasteiger partial charge is 0.244 e. The molecule has 0 aliphatic carbocycles. The molecule has 3 aromatic rings. The van der Waals surface area contributed by atoms with Crippen LogP contribution in [-0.2, 0) is 14.8 Å². The van der Waals surface area contributed by atoms with Crippen molar-refractivity contribution in [1.29, 1.82) is 0 Å². The number of sulfonamides is 1. The van der Waals surface area contributed by atoms with Gasteiger partial charge in [-0.25, -0.2) is 8.42 Å². The molecule has 0 bridgehead atoms. The SMILES string of the molecule is O=C(Nc1nnc(-c2ccccn2)s1)C1CCN(S(=O)(=O)c2cc(Cl)ccc2Cl)CC1. The maximum atomic E-state index is 12.9. The van der Waals surface area contributed by atoms with Gasteiger partial charge < -0.3 is 5.32 Å². The molecular formula is C19H17Cl2N5O3S2. The van der Waals surface area contributed by atoms with E-state index in [2.05, 4.69) is 20.5 Å². The summed E-state index contributed by atoms with van der Waals surface area (Å²) >= 11 is 13.2.